The van der Waals surface area contributed by atoms with Crippen molar-refractivity contribution in [3.05, 3.63) is 39.2 Å². The first-order valence-electron chi connectivity index (χ1n) is 6.77. The number of thiocarbonyl (C=S) groups is 1. The maximum atomic E-state index is 12.5. The molecular weight excluding hydrogens is 418 g/mol. The molecule has 0 aromatic heterocycles. The highest BCUT2D eigenvalue weighted by Gasteiger charge is 2.40. The van der Waals surface area contributed by atoms with Gasteiger partial charge >= 0.3 is 11.9 Å². The van der Waals surface area contributed by atoms with E-state index in [1.54, 1.807) is 12.1 Å². The second-order valence-corrected chi connectivity index (χ2v) is 7.48. The van der Waals surface area contributed by atoms with Crippen LogP contribution in [0.1, 0.15) is 18.4 Å². The summed E-state index contributed by atoms with van der Waals surface area (Å²) in [4.78, 5) is 35.9. The first-order chi connectivity index (χ1) is 11.3. The second kappa shape index (κ2) is 7.91. The van der Waals surface area contributed by atoms with Gasteiger partial charge in [-0.25, -0.2) is 4.79 Å². The Labute approximate surface area is 155 Å². The highest BCUT2D eigenvalue weighted by Crippen LogP contribution is 2.35. The van der Waals surface area contributed by atoms with E-state index in [1.165, 1.54) is 0 Å². The summed E-state index contributed by atoms with van der Waals surface area (Å²) in [6, 6.07) is 5.97. The number of nitrogens with zero attached hydrogens (tertiary/aromatic N) is 1. The number of benzene rings is 1. The van der Waals surface area contributed by atoms with E-state index in [0.29, 0.717) is 4.91 Å². The van der Waals surface area contributed by atoms with E-state index in [-0.39, 0.29) is 17.2 Å². The molecule has 1 fully saturated rings. The summed E-state index contributed by atoms with van der Waals surface area (Å²) < 4.78 is 0.954. The van der Waals surface area contributed by atoms with Crippen LogP contribution in [0.4, 0.5) is 0 Å². The minimum atomic E-state index is -1.29. The van der Waals surface area contributed by atoms with E-state index < -0.39 is 23.9 Å². The average molecular weight is 430 g/mol. The number of rotatable bonds is 6. The number of thioether (sulfide) groups is 1. The fourth-order valence-corrected chi connectivity index (χ4v) is 3.89. The lowest BCUT2D eigenvalue weighted by atomic mass is 10.1. The molecule has 24 heavy (non-hydrogen) atoms. The molecule has 1 aromatic carbocycles. The zero-order valence-corrected chi connectivity index (χ0v) is 15.4. The number of hydrogen-bond donors (Lipinski definition) is 2. The topological polar surface area (TPSA) is 94.9 Å². The van der Waals surface area contributed by atoms with Gasteiger partial charge in [0, 0.05) is 10.9 Å². The quantitative estimate of drug-likeness (QED) is 0.529. The highest BCUT2D eigenvalue weighted by molar-refractivity contribution is 9.10. The van der Waals surface area contributed by atoms with Crippen LogP contribution in [0, 0.1) is 0 Å². The molecule has 1 aliphatic rings. The Kier molecular flexibility index (Phi) is 6.14. The van der Waals surface area contributed by atoms with Crippen molar-refractivity contribution >= 4 is 68.2 Å². The normalized spacial score (nSPS) is 17.4. The summed E-state index contributed by atoms with van der Waals surface area (Å²) in [5, 5.41) is 18.1. The molecule has 1 aromatic rings. The van der Waals surface area contributed by atoms with Gasteiger partial charge in [-0.15, -0.1) is 0 Å². The zero-order chi connectivity index (χ0) is 17.9. The maximum Gasteiger partial charge on any atom is 0.326 e. The van der Waals surface area contributed by atoms with E-state index in [9.17, 15) is 19.5 Å². The number of halogens is 1. The lowest BCUT2D eigenvalue weighted by Crippen LogP contribution is -2.44. The van der Waals surface area contributed by atoms with Crippen LogP contribution in [0.25, 0.3) is 6.08 Å². The number of hydrogen-bond acceptors (Lipinski definition) is 5. The van der Waals surface area contributed by atoms with Crippen LogP contribution < -0.4 is 0 Å². The average Bonchev–Trinajstić information content (AvgIpc) is 2.74. The third-order valence-electron chi connectivity index (χ3n) is 3.20. The predicted octanol–water partition coefficient (Wildman–Crippen LogP) is 2.97. The lowest BCUT2D eigenvalue weighted by Gasteiger charge is -2.22. The Morgan fingerprint density at radius 1 is 1.38 bits per heavy atom. The number of carboxylic acids is 2. The highest BCUT2D eigenvalue weighted by atomic mass is 79.9. The van der Waals surface area contributed by atoms with Crippen LogP contribution in [0.2, 0.25) is 0 Å². The standard InChI is InChI=1S/C15H12BrNO5S2/c16-9-3-1-2-8(6-9)7-11-13(20)17(15(23)24-11)10(14(21)22)4-5-12(18)19/h1-3,6-7,10H,4-5H2,(H,18,19)(H,21,22)/b11-7+. The van der Waals surface area contributed by atoms with Gasteiger partial charge < -0.3 is 10.2 Å². The van der Waals surface area contributed by atoms with Crippen LogP contribution in [-0.2, 0) is 14.4 Å². The first-order valence-corrected chi connectivity index (χ1v) is 8.78. The molecule has 1 amide bonds. The van der Waals surface area contributed by atoms with Gasteiger partial charge in [-0.3, -0.25) is 14.5 Å². The molecule has 0 aliphatic carbocycles. The van der Waals surface area contributed by atoms with E-state index in [4.69, 9.17) is 17.3 Å². The zero-order valence-electron chi connectivity index (χ0n) is 12.1. The van der Waals surface area contributed by atoms with Crippen molar-refractivity contribution in [2.75, 3.05) is 0 Å². The van der Waals surface area contributed by atoms with Crippen molar-refractivity contribution in [3.8, 4) is 0 Å². The van der Waals surface area contributed by atoms with Crippen molar-refractivity contribution in [2.45, 2.75) is 18.9 Å². The molecule has 0 bridgehead atoms. The summed E-state index contributed by atoms with van der Waals surface area (Å²) in [7, 11) is 0. The summed E-state index contributed by atoms with van der Waals surface area (Å²) in [5.41, 5.74) is 0.766. The van der Waals surface area contributed by atoms with Gasteiger partial charge in [-0.05, 0) is 30.2 Å². The summed E-state index contributed by atoms with van der Waals surface area (Å²) in [5.74, 6) is -2.93. The number of carbonyl (C=O) groups excluding carboxylic acids is 1. The minimum Gasteiger partial charge on any atom is -0.481 e. The Hall–Kier alpha value is -1.71. The van der Waals surface area contributed by atoms with Gasteiger partial charge in [0.05, 0.1) is 4.91 Å². The third kappa shape index (κ3) is 4.43. The van der Waals surface area contributed by atoms with Crippen LogP contribution in [-0.4, -0.2) is 43.3 Å². The van der Waals surface area contributed by atoms with E-state index in [0.717, 1.165) is 26.7 Å². The number of aliphatic carboxylic acids is 2. The maximum absolute atomic E-state index is 12.5. The Balaban J connectivity index is 2.26. The van der Waals surface area contributed by atoms with Gasteiger partial charge in [0.2, 0.25) is 0 Å². The van der Waals surface area contributed by atoms with Gasteiger partial charge in [0.1, 0.15) is 10.4 Å². The molecule has 6 nitrogen and oxygen atoms in total. The molecule has 1 unspecified atom stereocenters. The number of carboxylic acid groups (broad SMARTS) is 2. The molecule has 0 spiro atoms. The molecule has 1 heterocycles. The molecule has 2 rings (SSSR count). The second-order valence-electron chi connectivity index (χ2n) is 4.89. The monoisotopic (exact) mass is 429 g/mol. The van der Waals surface area contributed by atoms with Crippen LogP contribution in [0.15, 0.2) is 33.6 Å². The molecule has 126 valence electrons. The SMILES string of the molecule is O=C(O)CCC(C(=O)O)N1C(=O)/C(=C\c2cccc(Br)c2)SC1=S. The van der Waals surface area contributed by atoms with E-state index in [2.05, 4.69) is 15.9 Å². The molecule has 1 aliphatic heterocycles. The number of carbonyl (C=O) groups is 3. The molecule has 0 radical (unpaired) electrons. The molecule has 2 N–H and O–H groups in total. The molecule has 1 atom stereocenters. The van der Waals surface area contributed by atoms with Crippen molar-refractivity contribution in [2.24, 2.45) is 0 Å². The first kappa shape index (κ1) is 18.6. The minimum absolute atomic E-state index is 0.110. The molecular formula is C15H12BrNO5S2. The summed E-state index contributed by atoms with van der Waals surface area (Å²) >= 11 is 9.46. The van der Waals surface area contributed by atoms with Crippen LogP contribution in [0.5, 0.6) is 0 Å². The fourth-order valence-electron chi connectivity index (χ4n) is 2.12. The largest absolute Gasteiger partial charge is 0.481 e. The predicted molar refractivity (Wildman–Crippen MR) is 97.4 cm³/mol. The lowest BCUT2D eigenvalue weighted by molar-refractivity contribution is -0.146. The van der Waals surface area contributed by atoms with Gasteiger partial charge in [-0.2, -0.15) is 0 Å². The fraction of sp³-hybridized carbons (Fsp3) is 0.200. The van der Waals surface area contributed by atoms with Gasteiger partial charge in [0.15, 0.2) is 0 Å². The Morgan fingerprint density at radius 3 is 2.67 bits per heavy atom. The molecule has 9 heteroatoms. The third-order valence-corrected chi connectivity index (χ3v) is 5.02. The molecule has 0 saturated carbocycles. The summed E-state index contributed by atoms with van der Waals surface area (Å²) in [6.45, 7) is 0. The van der Waals surface area contributed by atoms with Crippen molar-refractivity contribution < 1.29 is 24.6 Å². The summed E-state index contributed by atoms with van der Waals surface area (Å²) in [6.07, 6.45) is 1.06. The van der Waals surface area contributed by atoms with Crippen molar-refractivity contribution in [1.82, 2.24) is 4.90 Å². The number of amides is 1. The van der Waals surface area contributed by atoms with E-state index >= 15 is 0 Å². The van der Waals surface area contributed by atoms with Crippen molar-refractivity contribution in [3.63, 3.8) is 0 Å². The van der Waals surface area contributed by atoms with Crippen molar-refractivity contribution in [1.29, 1.82) is 0 Å². The molecule has 1 saturated heterocycles. The van der Waals surface area contributed by atoms with E-state index in [1.807, 2.05) is 18.2 Å². The van der Waals surface area contributed by atoms with Crippen LogP contribution in [0.3, 0.4) is 0 Å². The Morgan fingerprint density at radius 2 is 2.08 bits per heavy atom. The van der Waals surface area contributed by atoms with Gasteiger partial charge in [0.25, 0.3) is 5.91 Å². The van der Waals surface area contributed by atoms with Gasteiger partial charge in [-0.1, -0.05) is 52.0 Å². The van der Waals surface area contributed by atoms with Crippen LogP contribution >= 0.6 is 39.9 Å². The smallest absolute Gasteiger partial charge is 0.326 e. The Bertz CT molecular complexity index is 749.